The SMILES string of the molecule is C[C@H](NC(=O)C(F)(F)C1=C(c2ccccc2)[C@@H]2[C@H](C1=O)[C@H]1C=C[C@@H]2C1)c1ccccc1. The summed E-state index contributed by atoms with van der Waals surface area (Å²) in [4.78, 5) is 26.1. The van der Waals surface area contributed by atoms with Crippen molar-refractivity contribution in [3.8, 4) is 0 Å². The van der Waals surface area contributed by atoms with Crippen LogP contribution in [-0.2, 0) is 9.59 Å². The van der Waals surface area contributed by atoms with Crippen LogP contribution < -0.4 is 5.32 Å². The summed E-state index contributed by atoms with van der Waals surface area (Å²) < 4.78 is 31.3. The Bertz CT molecular complexity index is 1090. The minimum Gasteiger partial charge on any atom is -0.344 e. The van der Waals surface area contributed by atoms with Crippen LogP contribution in [0.2, 0.25) is 0 Å². The maximum absolute atomic E-state index is 15.7. The first kappa shape index (κ1) is 19.9. The van der Waals surface area contributed by atoms with Gasteiger partial charge in [0.25, 0.3) is 5.91 Å². The predicted octanol–water partition coefficient (Wildman–Crippen LogP) is 4.97. The summed E-state index contributed by atoms with van der Waals surface area (Å²) in [7, 11) is 0. The van der Waals surface area contributed by atoms with Gasteiger partial charge >= 0.3 is 5.92 Å². The van der Waals surface area contributed by atoms with Gasteiger partial charge in [0.1, 0.15) is 0 Å². The average Bonchev–Trinajstić information content (AvgIpc) is 3.47. The minimum absolute atomic E-state index is 0.0270. The lowest BCUT2D eigenvalue weighted by Crippen LogP contribution is -2.44. The number of Topliss-reactive ketones (excluding diaryl/α,β-unsaturated/α-hetero) is 1. The highest BCUT2D eigenvalue weighted by Gasteiger charge is 2.61. The van der Waals surface area contributed by atoms with E-state index >= 15 is 8.78 Å². The fraction of sp³-hybridized carbons (Fsp3) is 0.308. The van der Waals surface area contributed by atoms with E-state index in [0.29, 0.717) is 11.1 Å². The van der Waals surface area contributed by atoms with E-state index in [-0.39, 0.29) is 17.8 Å². The van der Waals surface area contributed by atoms with Crippen LogP contribution in [-0.4, -0.2) is 17.6 Å². The van der Waals surface area contributed by atoms with E-state index in [4.69, 9.17) is 0 Å². The lowest BCUT2D eigenvalue weighted by atomic mass is 9.80. The monoisotopic (exact) mass is 419 g/mol. The third kappa shape index (κ3) is 3.06. The van der Waals surface area contributed by atoms with Crippen molar-refractivity contribution in [2.24, 2.45) is 23.7 Å². The lowest BCUT2D eigenvalue weighted by Gasteiger charge is -2.23. The molecule has 1 amide bonds. The molecule has 0 heterocycles. The van der Waals surface area contributed by atoms with Crippen LogP contribution in [0.1, 0.15) is 30.5 Å². The molecule has 0 saturated heterocycles. The topological polar surface area (TPSA) is 46.2 Å². The summed E-state index contributed by atoms with van der Waals surface area (Å²) in [6.45, 7) is 1.66. The average molecular weight is 419 g/mol. The molecule has 0 aliphatic heterocycles. The second-order valence-electron chi connectivity index (χ2n) is 8.70. The standard InChI is InChI=1S/C26H23F2NO2/c1-15(16-8-4-2-5-9-16)29-25(31)26(27,28)23-21(17-10-6-3-7-11-17)20-18-12-13-19(14-18)22(20)24(23)30/h2-13,15,18-20,22H,14H2,1H3,(H,29,31)/t15-,18+,19-,20+,22+/m0/s1. The zero-order valence-electron chi connectivity index (χ0n) is 17.1. The fourth-order valence-electron chi connectivity index (χ4n) is 5.54. The molecule has 3 aliphatic carbocycles. The van der Waals surface area contributed by atoms with E-state index in [2.05, 4.69) is 5.32 Å². The Morgan fingerprint density at radius 3 is 2.19 bits per heavy atom. The number of amides is 1. The van der Waals surface area contributed by atoms with Gasteiger partial charge in [-0.1, -0.05) is 72.8 Å². The number of fused-ring (bicyclic) bond motifs is 5. The zero-order chi connectivity index (χ0) is 21.8. The molecule has 3 aliphatic rings. The Morgan fingerprint density at radius 1 is 0.968 bits per heavy atom. The molecule has 3 nitrogen and oxygen atoms in total. The van der Waals surface area contributed by atoms with Crippen LogP contribution >= 0.6 is 0 Å². The molecule has 1 fully saturated rings. The summed E-state index contributed by atoms with van der Waals surface area (Å²) in [6.07, 6.45) is 4.83. The first-order valence-electron chi connectivity index (χ1n) is 10.7. The molecular weight excluding hydrogens is 396 g/mol. The first-order chi connectivity index (χ1) is 14.9. The van der Waals surface area contributed by atoms with Crippen molar-refractivity contribution in [1.29, 1.82) is 0 Å². The van der Waals surface area contributed by atoms with Crippen molar-refractivity contribution in [2.75, 3.05) is 0 Å². The molecular formula is C26H23F2NO2. The number of benzene rings is 2. The Labute approximate surface area is 179 Å². The van der Waals surface area contributed by atoms with Crippen LogP contribution in [0.3, 0.4) is 0 Å². The fourth-order valence-corrected chi connectivity index (χ4v) is 5.54. The predicted molar refractivity (Wildman–Crippen MR) is 114 cm³/mol. The molecule has 0 unspecified atom stereocenters. The molecule has 5 rings (SSSR count). The van der Waals surface area contributed by atoms with Gasteiger partial charge < -0.3 is 5.32 Å². The van der Waals surface area contributed by atoms with Crippen molar-refractivity contribution in [1.82, 2.24) is 5.32 Å². The van der Waals surface area contributed by atoms with E-state index in [0.717, 1.165) is 12.0 Å². The van der Waals surface area contributed by atoms with Crippen molar-refractivity contribution < 1.29 is 18.4 Å². The Balaban J connectivity index is 1.54. The van der Waals surface area contributed by atoms with Gasteiger partial charge in [-0.3, -0.25) is 9.59 Å². The second-order valence-corrected chi connectivity index (χ2v) is 8.70. The summed E-state index contributed by atoms with van der Waals surface area (Å²) >= 11 is 0. The molecule has 2 aromatic carbocycles. The summed E-state index contributed by atoms with van der Waals surface area (Å²) in [5.74, 6) is -6.66. The van der Waals surface area contributed by atoms with Crippen molar-refractivity contribution in [3.05, 3.63) is 89.5 Å². The third-order valence-corrected chi connectivity index (χ3v) is 6.94. The number of hydrogen-bond acceptors (Lipinski definition) is 2. The zero-order valence-corrected chi connectivity index (χ0v) is 17.1. The molecule has 2 aromatic rings. The second kappa shape index (κ2) is 7.26. The summed E-state index contributed by atoms with van der Waals surface area (Å²) in [5.41, 5.74) is 1.05. The van der Waals surface area contributed by atoms with Crippen molar-refractivity contribution >= 4 is 17.3 Å². The van der Waals surface area contributed by atoms with E-state index < -0.39 is 35.1 Å². The van der Waals surface area contributed by atoms with Gasteiger partial charge in [-0.15, -0.1) is 0 Å². The quantitative estimate of drug-likeness (QED) is 0.696. The lowest BCUT2D eigenvalue weighted by molar-refractivity contribution is -0.144. The van der Waals surface area contributed by atoms with Gasteiger partial charge in [-0.25, -0.2) is 0 Å². The van der Waals surface area contributed by atoms with Crippen LogP contribution in [0.15, 0.2) is 78.4 Å². The molecule has 1 N–H and O–H groups in total. The van der Waals surface area contributed by atoms with Gasteiger partial charge in [-0.05, 0) is 41.9 Å². The van der Waals surface area contributed by atoms with Crippen molar-refractivity contribution in [2.45, 2.75) is 25.3 Å². The molecule has 0 spiro atoms. The van der Waals surface area contributed by atoms with Crippen molar-refractivity contribution in [3.63, 3.8) is 0 Å². The van der Waals surface area contributed by atoms with Gasteiger partial charge in [-0.2, -0.15) is 8.78 Å². The number of hydrogen-bond donors (Lipinski definition) is 1. The normalized spacial score (nSPS) is 27.5. The van der Waals surface area contributed by atoms with Crippen LogP contribution in [0.4, 0.5) is 8.78 Å². The molecule has 0 aromatic heterocycles. The first-order valence-corrected chi connectivity index (χ1v) is 10.7. The highest BCUT2D eigenvalue weighted by molar-refractivity contribution is 6.16. The van der Waals surface area contributed by atoms with Crippen LogP contribution in [0.5, 0.6) is 0 Å². The van der Waals surface area contributed by atoms with Gasteiger partial charge in [0.05, 0.1) is 11.6 Å². The Morgan fingerprint density at radius 2 is 1.55 bits per heavy atom. The number of allylic oxidation sites excluding steroid dienone is 3. The van der Waals surface area contributed by atoms with Crippen LogP contribution in [0, 0.1) is 23.7 Å². The molecule has 1 saturated carbocycles. The van der Waals surface area contributed by atoms with Gasteiger partial charge in [0, 0.05) is 11.8 Å². The largest absolute Gasteiger partial charge is 0.353 e. The molecule has 2 bridgehead atoms. The highest BCUT2D eigenvalue weighted by Crippen LogP contribution is 2.60. The maximum Gasteiger partial charge on any atom is 0.353 e. The van der Waals surface area contributed by atoms with E-state index in [1.165, 1.54) is 0 Å². The summed E-state index contributed by atoms with van der Waals surface area (Å²) in [5, 5.41) is 2.42. The number of nitrogens with one attached hydrogen (secondary N) is 1. The number of halogens is 2. The van der Waals surface area contributed by atoms with E-state index in [9.17, 15) is 9.59 Å². The molecule has 31 heavy (non-hydrogen) atoms. The molecule has 5 atom stereocenters. The maximum atomic E-state index is 15.7. The van der Waals surface area contributed by atoms with Crippen LogP contribution in [0.25, 0.3) is 5.57 Å². The Hall–Kier alpha value is -3.08. The number of carbonyl (C=O) groups excluding carboxylic acids is 2. The number of ketones is 1. The Kier molecular flexibility index (Phi) is 4.65. The van der Waals surface area contributed by atoms with Gasteiger partial charge in [0.2, 0.25) is 0 Å². The molecule has 158 valence electrons. The van der Waals surface area contributed by atoms with E-state index in [1.54, 1.807) is 55.5 Å². The summed E-state index contributed by atoms with van der Waals surface area (Å²) in [6, 6.07) is 17.2. The highest BCUT2D eigenvalue weighted by atomic mass is 19.3. The molecule has 5 heteroatoms. The third-order valence-electron chi connectivity index (χ3n) is 6.94. The number of carbonyl (C=O) groups is 2. The number of rotatable bonds is 5. The number of alkyl halides is 2. The smallest absolute Gasteiger partial charge is 0.344 e. The molecule has 0 radical (unpaired) electrons. The minimum atomic E-state index is -3.91. The van der Waals surface area contributed by atoms with Gasteiger partial charge in [0.15, 0.2) is 5.78 Å². The van der Waals surface area contributed by atoms with E-state index in [1.807, 2.05) is 24.3 Å².